The van der Waals surface area contributed by atoms with Crippen LogP contribution in [-0.4, -0.2) is 25.7 Å². The number of carbonyl (C=O) groups is 1. The highest BCUT2D eigenvalue weighted by Gasteiger charge is 2.37. The molecule has 26 heavy (non-hydrogen) atoms. The lowest BCUT2D eigenvalue weighted by Crippen LogP contribution is -2.27. The van der Waals surface area contributed by atoms with E-state index in [2.05, 4.69) is 40.3 Å². The lowest BCUT2D eigenvalue weighted by molar-refractivity contribution is 0.102. The fourth-order valence-electron chi connectivity index (χ4n) is 3.68. The molecular formula is C20H21N5O. The minimum Gasteiger partial charge on any atom is -0.305 e. The van der Waals surface area contributed by atoms with E-state index in [1.165, 1.54) is 5.56 Å². The van der Waals surface area contributed by atoms with Gasteiger partial charge in [-0.15, -0.1) is 0 Å². The van der Waals surface area contributed by atoms with Gasteiger partial charge in [-0.1, -0.05) is 26.0 Å². The maximum atomic E-state index is 12.9. The number of aromatic nitrogens is 4. The third kappa shape index (κ3) is 2.58. The van der Waals surface area contributed by atoms with Crippen LogP contribution in [0.1, 0.15) is 41.2 Å². The number of pyridine rings is 2. The van der Waals surface area contributed by atoms with Gasteiger partial charge in [-0.2, -0.15) is 5.10 Å². The maximum absolute atomic E-state index is 12.9. The zero-order chi connectivity index (χ0) is 18.5. The van der Waals surface area contributed by atoms with Crippen molar-refractivity contribution in [3.05, 3.63) is 59.0 Å². The van der Waals surface area contributed by atoms with Gasteiger partial charge in [0.25, 0.3) is 5.91 Å². The SMILES string of the molecule is Cc1cccc(NC(=O)c2nn(C)c3c2CC(C)(C)c2cccnc2-3)n1. The second-order valence-electron chi connectivity index (χ2n) is 7.38. The summed E-state index contributed by atoms with van der Waals surface area (Å²) in [5.74, 6) is 0.290. The van der Waals surface area contributed by atoms with Crippen LogP contribution in [0.4, 0.5) is 5.82 Å². The fraction of sp³-hybridized carbons (Fsp3) is 0.300. The van der Waals surface area contributed by atoms with Gasteiger partial charge in [-0.05, 0) is 42.5 Å². The normalized spacial score (nSPS) is 14.5. The predicted octanol–water partition coefficient (Wildman–Crippen LogP) is 3.27. The summed E-state index contributed by atoms with van der Waals surface area (Å²) in [6.07, 6.45) is 2.52. The highest BCUT2D eigenvalue weighted by Crippen LogP contribution is 2.42. The van der Waals surface area contributed by atoms with Crippen LogP contribution in [0.3, 0.4) is 0 Å². The molecule has 0 radical (unpaired) electrons. The Bertz CT molecular complexity index is 1020. The first-order valence-electron chi connectivity index (χ1n) is 8.63. The maximum Gasteiger partial charge on any atom is 0.277 e. The Morgan fingerprint density at radius 3 is 2.81 bits per heavy atom. The lowest BCUT2D eigenvalue weighted by atomic mass is 9.73. The first-order chi connectivity index (χ1) is 12.4. The van der Waals surface area contributed by atoms with Crippen LogP contribution >= 0.6 is 0 Å². The standard InChI is InChI=1S/C20H21N5O/c1-12-7-5-9-15(22-12)23-19(26)16-13-11-20(2,3)14-8-6-10-21-17(14)18(13)25(4)24-16/h5-10H,11H2,1-4H3,(H,22,23,26). The van der Waals surface area contributed by atoms with Gasteiger partial charge in [0.05, 0.1) is 11.4 Å². The highest BCUT2D eigenvalue weighted by molar-refractivity contribution is 6.04. The van der Waals surface area contributed by atoms with Crippen molar-refractivity contribution in [1.82, 2.24) is 19.7 Å². The van der Waals surface area contributed by atoms with Crippen molar-refractivity contribution in [3.8, 4) is 11.4 Å². The summed E-state index contributed by atoms with van der Waals surface area (Å²) >= 11 is 0. The molecule has 4 rings (SSSR count). The minimum absolute atomic E-state index is 0.115. The molecule has 0 fully saturated rings. The highest BCUT2D eigenvalue weighted by atomic mass is 16.2. The summed E-state index contributed by atoms with van der Waals surface area (Å²) in [7, 11) is 1.86. The van der Waals surface area contributed by atoms with E-state index in [0.717, 1.165) is 29.1 Å². The van der Waals surface area contributed by atoms with Gasteiger partial charge in [-0.25, -0.2) is 4.98 Å². The van der Waals surface area contributed by atoms with Gasteiger partial charge in [0.1, 0.15) is 5.82 Å². The first kappa shape index (κ1) is 16.4. The molecule has 1 aliphatic rings. The zero-order valence-corrected chi connectivity index (χ0v) is 15.4. The third-order valence-electron chi connectivity index (χ3n) is 4.87. The predicted molar refractivity (Wildman–Crippen MR) is 100 cm³/mol. The van der Waals surface area contributed by atoms with Crippen LogP contribution in [0, 0.1) is 6.92 Å². The second kappa shape index (κ2) is 5.76. The number of hydrogen-bond donors (Lipinski definition) is 1. The summed E-state index contributed by atoms with van der Waals surface area (Å²) in [5.41, 5.74) is 5.12. The van der Waals surface area contributed by atoms with Crippen molar-refractivity contribution < 1.29 is 4.79 Å². The number of anilines is 1. The van der Waals surface area contributed by atoms with Crippen LogP contribution < -0.4 is 5.32 Å². The Labute approximate surface area is 152 Å². The number of rotatable bonds is 2. The molecule has 1 amide bonds. The topological polar surface area (TPSA) is 72.7 Å². The molecule has 1 aliphatic carbocycles. The lowest BCUT2D eigenvalue weighted by Gasteiger charge is -2.31. The first-order valence-corrected chi connectivity index (χ1v) is 8.63. The molecule has 3 heterocycles. The van der Waals surface area contributed by atoms with E-state index in [1.807, 2.05) is 32.2 Å². The van der Waals surface area contributed by atoms with E-state index < -0.39 is 0 Å². The molecule has 0 saturated carbocycles. The van der Waals surface area contributed by atoms with Crippen molar-refractivity contribution in [2.45, 2.75) is 32.6 Å². The van der Waals surface area contributed by atoms with Gasteiger partial charge in [0, 0.05) is 24.5 Å². The average Bonchev–Trinajstić information content (AvgIpc) is 2.91. The molecule has 0 aliphatic heterocycles. The molecule has 0 aromatic carbocycles. The molecule has 1 N–H and O–H groups in total. The Kier molecular flexibility index (Phi) is 3.64. The van der Waals surface area contributed by atoms with Crippen molar-refractivity contribution in [2.75, 3.05) is 5.32 Å². The van der Waals surface area contributed by atoms with Crippen LogP contribution in [0.5, 0.6) is 0 Å². The van der Waals surface area contributed by atoms with E-state index in [-0.39, 0.29) is 11.3 Å². The molecule has 6 heteroatoms. The number of nitrogens with one attached hydrogen (secondary N) is 1. The van der Waals surface area contributed by atoms with E-state index in [4.69, 9.17) is 0 Å². The number of hydrogen-bond acceptors (Lipinski definition) is 4. The molecule has 132 valence electrons. The number of amides is 1. The third-order valence-corrected chi connectivity index (χ3v) is 4.87. The molecule has 0 bridgehead atoms. The van der Waals surface area contributed by atoms with E-state index >= 15 is 0 Å². The Morgan fingerprint density at radius 2 is 2.04 bits per heavy atom. The second-order valence-corrected chi connectivity index (χ2v) is 7.38. The monoisotopic (exact) mass is 347 g/mol. The number of carbonyl (C=O) groups excluding carboxylic acids is 1. The fourth-order valence-corrected chi connectivity index (χ4v) is 3.68. The van der Waals surface area contributed by atoms with Crippen molar-refractivity contribution >= 4 is 11.7 Å². The van der Waals surface area contributed by atoms with Gasteiger partial charge in [0.2, 0.25) is 0 Å². The van der Waals surface area contributed by atoms with E-state index in [0.29, 0.717) is 11.5 Å². The summed E-state index contributed by atoms with van der Waals surface area (Å²) in [6, 6.07) is 9.60. The smallest absolute Gasteiger partial charge is 0.277 e. The molecule has 3 aromatic heterocycles. The Balaban J connectivity index is 1.79. The van der Waals surface area contributed by atoms with Crippen LogP contribution in [0.15, 0.2) is 36.5 Å². The molecule has 0 spiro atoms. The summed E-state index contributed by atoms with van der Waals surface area (Å²) in [5, 5.41) is 7.38. The van der Waals surface area contributed by atoms with Crippen LogP contribution in [0.25, 0.3) is 11.4 Å². The van der Waals surface area contributed by atoms with Crippen molar-refractivity contribution in [3.63, 3.8) is 0 Å². The molecule has 0 atom stereocenters. The molecular weight excluding hydrogens is 326 g/mol. The molecule has 3 aromatic rings. The largest absolute Gasteiger partial charge is 0.305 e. The zero-order valence-electron chi connectivity index (χ0n) is 15.4. The molecule has 0 saturated heterocycles. The average molecular weight is 347 g/mol. The van der Waals surface area contributed by atoms with E-state index in [1.54, 1.807) is 16.9 Å². The van der Waals surface area contributed by atoms with E-state index in [9.17, 15) is 4.79 Å². The van der Waals surface area contributed by atoms with Gasteiger partial charge in [-0.3, -0.25) is 14.5 Å². The Morgan fingerprint density at radius 1 is 1.23 bits per heavy atom. The quantitative estimate of drug-likeness (QED) is 0.772. The van der Waals surface area contributed by atoms with Crippen molar-refractivity contribution in [1.29, 1.82) is 0 Å². The van der Waals surface area contributed by atoms with Crippen LogP contribution in [-0.2, 0) is 18.9 Å². The molecule has 0 unspecified atom stereocenters. The Hall–Kier alpha value is -3.02. The summed E-state index contributed by atoms with van der Waals surface area (Å²) < 4.78 is 1.76. The van der Waals surface area contributed by atoms with Crippen LogP contribution in [0.2, 0.25) is 0 Å². The van der Waals surface area contributed by atoms with Gasteiger partial charge in [0.15, 0.2) is 5.69 Å². The summed E-state index contributed by atoms with van der Waals surface area (Å²) in [6.45, 7) is 6.24. The van der Waals surface area contributed by atoms with Gasteiger partial charge >= 0.3 is 0 Å². The van der Waals surface area contributed by atoms with Gasteiger partial charge < -0.3 is 5.32 Å². The van der Waals surface area contributed by atoms with Crippen molar-refractivity contribution in [2.24, 2.45) is 7.05 Å². The summed E-state index contributed by atoms with van der Waals surface area (Å²) in [4.78, 5) is 21.8. The number of nitrogens with zero attached hydrogens (tertiary/aromatic N) is 4. The number of aryl methyl sites for hydroxylation is 2. The molecule has 6 nitrogen and oxygen atoms in total. The number of fused-ring (bicyclic) bond motifs is 3. The minimum atomic E-state index is -0.241.